The van der Waals surface area contributed by atoms with Crippen LogP contribution in [-0.4, -0.2) is 28.3 Å². The number of rotatable bonds is 5. The van der Waals surface area contributed by atoms with Crippen molar-refractivity contribution in [2.24, 2.45) is 0 Å². The highest BCUT2D eigenvalue weighted by Gasteiger charge is 2.10. The van der Waals surface area contributed by atoms with Gasteiger partial charge in [-0.2, -0.15) is 0 Å². The normalized spacial score (nSPS) is 10.1. The molecular formula is C13H13ClN4O2. The van der Waals surface area contributed by atoms with E-state index in [0.717, 1.165) is 0 Å². The summed E-state index contributed by atoms with van der Waals surface area (Å²) in [6.45, 7) is 0.165. The summed E-state index contributed by atoms with van der Waals surface area (Å²) in [7, 11) is 0. The van der Waals surface area contributed by atoms with E-state index >= 15 is 0 Å². The molecule has 2 aromatic rings. The van der Waals surface area contributed by atoms with Gasteiger partial charge in [0.05, 0.1) is 23.7 Å². The topological polar surface area (TPSA) is 86.9 Å². The summed E-state index contributed by atoms with van der Waals surface area (Å²) >= 11 is 5.89. The van der Waals surface area contributed by atoms with Crippen LogP contribution in [0.2, 0.25) is 5.02 Å². The average Bonchev–Trinajstić information content (AvgIpc) is 2.96. The lowest BCUT2D eigenvalue weighted by atomic mass is 10.2. The lowest BCUT2D eigenvalue weighted by Crippen LogP contribution is -2.36. The summed E-state index contributed by atoms with van der Waals surface area (Å²) in [6.07, 6.45) is 3.27. The number of aromatic nitrogens is 2. The van der Waals surface area contributed by atoms with E-state index < -0.39 is 0 Å². The van der Waals surface area contributed by atoms with Gasteiger partial charge in [-0.25, -0.2) is 4.98 Å². The van der Waals surface area contributed by atoms with Gasteiger partial charge in [0.25, 0.3) is 5.91 Å². The molecule has 0 unspecified atom stereocenters. The largest absolute Gasteiger partial charge is 0.347 e. The van der Waals surface area contributed by atoms with Crippen LogP contribution in [0.15, 0.2) is 36.7 Å². The van der Waals surface area contributed by atoms with E-state index in [-0.39, 0.29) is 24.9 Å². The second-order valence-electron chi connectivity index (χ2n) is 3.98. The average molecular weight is 293 g/mol. The second kappa shape index (κ2) is 6.72. The number of hydrogen-bond acceptors (Lipinski definition) is 3. The minimum Gasteiger partial charge on any atom is -0.347 e. The Morgan fingerprint density at radius 3 is 2.75 bits per heavy atom. The number of nitrogens with one attached hydrogen (secondary N) is 3. The summed E-state index contributed by atoms with van der Waals surface area (Å²) in [5.41, 5.74) is 0.341. The van der Waals surface area contributed by atoms with Crippen LogP contribution in [0.3, 0.4) is 0 Å². The van der Waals surface area contributed by atoms with Crippen LogP contribution in [0.25, 0.3) is 0 Å². The molecule has 1 aromatic carbocycles. The Labute approximate surface area is 120 Å². The quantitative estimate of drug-likeness (QED) is 0.771. The predicted molar refractivity (Wildman–Crippen MR) is 74.2 cm³/mol. The first-order valence-electron chi connectivity index (χ1n) is 5.94. The highest BCUT2D eigenvalue weighted by Crippen LogP contribution is 2.14. The van der Waals surface area contributed by atoms with E-state index in [0.29, 0.717) is 16.4 Å². The molecule has 0 atom stereocenters. The molecule has 1 heterocycles. The Bertz CT molecular complexity index is 598. The maximum Gasteiger partial charge on any atom is 0.253 e. The molecule has 0 spiro atoms. The summed E-state index contributed by atoms with van der Waals surface area (Å²) in [5.74, 6) is -0.0404. The van der Waals surface area contributed by atoms with Crippen molar-refractivity contribution >= 4 is 23.4 Å². The molecule has 0 radical (unpaired) electrons. The zero-order valence-corrected chi connectivity index (χ0v) is 11.3. The van der Waals surface area contributed by atoms with Crippen molar-refractivity contribution in [2.75, 3.05) is 6.54 Å². The molecule has 20 heavy (non-hydrogen) atoms. The van der Waals surface area contributed by atoms with E-state index in [1.54, 1.807) is 36.7 Å². The van der Waals surface area contributed by atoms with E-state index in [2.05, 4.69) is 20.6 Å². The zero-order chi connectivity index (χ0) is 14.4. The number of imidazole rings is 1. The SMILES string of the molecule is O=C(CNC(=O)c1ccccc1Cl)NCc1ncc[nH]1. The number of halogens is 1. The van der Waals surface area contributed by atoms with Crippen molar-refractivity contribution in [3.8, 4) is 0 Å². The molecule has 0 bridgehead atoms. The number of carbonyl (C=O) groups excluding carboxylic acids is 2. The van der Waals surface area contributed by atoms with Gasteiger partial charge in [0.15, 0.2) is 0 Å². The summed E-state index contributed by atoms with van der Waals surface area (Å²) in [5, 5.41) is 5.48. The smallest absolute Gasteiger partial charge is 0.253 e. The zero-order valence-electron chi connectivity index (χ0n) is 10.5. The molecule has 0 aliphatic rings. The minimum atomic E-state index is -0.385. The Morgan fingerprint density at radius 2 is 2.05 bits per heavy atom. The monoisotopic (exact) mass is 292 g/mol. The minimum absolute atomic E-state index is 0.120. The highest BCUT2D eigenvalue weighted by atomic mass is 35.5. The molecule has 104 valence electrons. The van der Waals surface area contributed by atoms with Gasteiger partial charge >= 0.3 is 0 Å². The summed E-state index contributed by atoms with van der Waals surface area (Å²) in [6, 6.07) is 6.65. The van der Waals surface area contributed by atoms with Gasteiger partial charge in [-0.3, -0.25) is 9.59 Å². The molecule has 0 saturated heterocycles. The van der Waals surface area contributed by atoms with Crippen molar-refractivity contribution in [3.63, 3.8) is 0 Å². The predicted octanol–water partition coefficient (Wildman–Crippen LogP) is 1.11. The highest BCUT2D eigenvalue weighted by molar-refractivity contribution is 6.33. The van der Waals surface area contributed by atoms with Crippen LogP contribution >= 0.6 is 11.6 Å². The van der Waals surface area contributed by atoms with Crippen molar-refractivity contribution in [2.45, 2.75) is 6.54 Å². The maximum atomic E-state index is 11.8. The summed E-state index contributed by atoms with van der Waals surface area (Å²) < 4.78 is 0. The molecule has 0 aliphatic heterocycles. The van der Waals surface area contributed by atoms with Crippen molar-refractivity contribution in [1.82, 2.24) is 20.6 Å². The van der Waals surface area contributed by atoms with E-state index in [9.17, 15) is 9.59 Å². The number of carbonyl (C=O) groups is 2. The fourth-order valence-corrected chi connectivity index (χ4v) is 1.76. The van der Waals surface area contributed by atoms with E-state index in [1.165, 1.54) is 0 Å². The van der Waals surface area contributed by atoms with Crippen molar-refractivity contribution in [3.05, 3.63) is 53.1 Å². The number of amides is 2. The lowest BCUT2D eigenvalue weighted by Gasteiger charge is -2.07. The molecule has 3 N–H and O–H groups in total. The standard InChI is InChI=1S/C13H13ClN4O2/c14-10-4-2-1-3-9(10)13(20)18-8-12(19)17-7-11-15-5-6-16-11/h1-6H,7-8H2,(H,15,16)(H,17,19)(H,18,20). The van der Waals surface area contributed by atoms with Crippen LogP contribution in [0.1, 0.15) is 16.2 Å². The first kappa shape index (κ1) is 14.1. The number of benzene rings is 1. The van der Waals surface area contributed by atoms with Gasteiger partial charge in [0, 0.05) is 12.4 Å². The van der Waals surface area contributed by atoms with Crippen molar-refractivity contribution in [1.29, 1.82) is 0 Å². The molecular weight excluding hydrogens is 280 g/mol. The van der Waals surface area contributed by atoms with Gasteiger partial charge < -0.3 is 15.6 Å². The molecule has 6 nitrogen and oxygen atoms in total. The van der Waals surface area contributed by atoms with Gasteiger partial charge in [0.2, 0.25) is 5.91 Å². The van der Waals surface area contributed by atoms with Crippen LogP contribution in [0.4, 0.5) is 0 Å². The number of nitrogens with zero attached hydrogens (tertiary/aromatic N) is 1. The summed E-state index contributed by atoms with van der Waals surface area (Å²) in [4.78, 5) is 30.2. The fraction of sp³-hybridized carbons (Fsp3) is 0.154. The van der Waals surface area contributed by atoms with Gasteiger partial charge in [-0.1, -0.05) is 23.7 Å². The second-order valence-corrected chi connectivity index (χ2v) is 4.38. The van der Waals surface area contributed by atoms with Gasteiger partial charge in [-0.15, -0.1) is 0 Å². The number of H-pyrrole nitrogens is 1. The first-order chi connectivity index (χ1) is 9.66. The molecule has 2 rings (SSSR count). The third kappa shape index (κ3) is 3.83. The fourth-order valence-electron chi connectivity index (χ4n) is 1.54. The van der Waals surface area contributed by atoms with Crippen molar-refractivity contribution < 1.29 is 9.59 Å². The third-order valence-electron chi connectivity index (χ3n) is 2.54. The van der Waals surface area contributed by atoms with Crippen LogP contribution in [0.5, 0.6) is 0 Å². The van der Waals surface area contributed by atoms with Gasteiger partial charge in [0.1, 0.15) is 5.82 Å². The Morgan fingerprint density at radius 1 is 1.25 bits per heavy atom. The first-order valence-corrected chi connectivity index (χ1v) is 6.32. The molecule has 1 aromatic heterocycles. The molecule has 7 heteroatoms. The maximum absolute atomic E-state index is 11.8. The van der Waals surface area contributed by atoms with Crippen LogP contribution in [0, 0.1) is 0 Å². The Balaban J connectivity index is 1.78. The van der Waals surface area contributed by atoms with E-state index in [1.807, 2.05) is 0 Å². The lowest BCUT2D eigenvalue weighted by molar-refractivity contribution is -0.120. The Hall–Kier alpha value is -2.34. The Kier molecular flexibility index (Phi) is 4.73. The van der Waals surface area contributed by atoms with E-state index in [4.69, 9.17) is 11.6 Å². The van der Waals surface area contributed by atoms with Crippen LogP contribution in [-0.2, 0) is 11.3 Å². The molecule has 0 saturated carbocycles. The third-order valence-corrected chi connectivity index (χ3v) is 2.87. The number of aromatic amines is 1. The number of hydrogen-bond donors (Lipinski definition) is 3. The molecule has 0 aliphatic carbocycles. The van der Waals surface area contributed by atoms with Gasteiger partial charge in [-0.05, 0) is 12.1 Å². The van der Waals surface area contributed by atoms with Crippen LogP contribution < -0.4 is 10.6 Å². The molecule has 2 amide bonds. The molecule has 0 fully saturated rings.